The summed E-state index contributed by atoms with van der Waals surface area (Å²) in [5.41, 5.74) is 1.76. The lowest BCUT2D eigenvalue weighted by molar-refractivity contribution is 0.276. The topological polar surface area (TPSA) is 68.2 Å². The van der Waals surface area contributed by atoms with Crippen LogP contribution in [0.1, 0.15) is 58.6 Å². The maximum Gasteiger partial charge on any atom is 0.261 e. The third kappa shape index (κ3) is 5.62. The zero-order valence-electron chi connectivity index (χ0n) is 24.3. The van der Waals surface area contributed by atoms with E-state index in [0.29, 0.717) is 11.8 Å². The van der Waals surface area contributed by atoms with Gasteiger partial charge in [-0.1, -0.05) is 88.4 Å². The molecule has 1 aliphatic heterocycles. The summed E-state index contributed by atoms with van der Waals surface area (Å²) in [5.74, 6) is 0.924. The zero-order chi connectivity index (χ0) is 28.3. The van der Waals surface area contributed by atoms with Gasteiger partial charge in [0.2, 0.25) is 5.16 Å². The van der Waals surface area contributed by atoms with Gasteiger partial charge in [0.25, 0.3) is 8.32 Å². The van der Waals surface area contributed by atoms with Crippen molar-refractivity contribution in [3.8, 4) is 0 Å². The van der Waals surface area contributed by atoms with E-state index in [0.717, 1.165) is 48.3 Å². The summed E-state index contributed by atoms with van der Waals surface area (Å²) in [4.78, 5) is 16.7. The Morgan fingerprint density at radius 3 is 2.10 bits per heavy atom. The lowest BCUT2D eigenvalue weighted by atomic mass is 10.1. The number of piperidine rings is 1. The van der Waals surface area contributed by atoms with Crippen LogP contribution in [-0.4, -0.2) is 53.4 Å². The molecule has 1 fully saturated rings. The van der Waals surface area contributed by atoms with Crippen LogP contribution in [0.4, 0.5) is 5.82 Å². The molecular formula is C32H40N4O2SSi. The van der Waals surface area contributed by atoms with E-state index < -0.39 is 19.1 Å². The van der Waals surface area contributed by atoms with E-state index in [9.17, 15) is 4.21 Å². The van der Waals surface area contributed by atoms with Crippen LogP contribution in [0.15, 0.2) is 78.1 Å². The summed E-state index contributed by atoms with van der Waals surface area (Å²) in [6, 6.07) is 23.6. The normalized spacial score (nSPS) is 16.2. The molecule has 8 heteroatoms. The van der Waals surface area contributed by atoms with E-state index >= 15 is 0 Å². The molecule has 2 aromatic carbocycles. The average molecular weight is 573 g/mol. The van der Waals surface area contributed by atoms with Crippen LogP contribution in [0, 0.1) is 0 Å². The van der Waals surface area contributed by atoms with Gasteiger partial charge in [-0.25, -0.2) is 15.0 Å². The molecule has 0 bridgehead atoms. The van der Waals surface area contributed by atoms with Crippen molar-refractivity contribution in [2.75, 3.05) is 30.9 Å². The second-order valence-electron chi connectivity index (χ2n) is 11.8. The predicted molar refractivity (Wildman–Crippen MR) is 168 cm³/mol. The van der Waals surface area contributed by atoms with E-state index in [-0.39, 0.29) is 11.0 Å². The highest BCUT2D eigenvalue weighted by molar-refractivity contribution is 7.84. The number of fused-ring (bicyclic) bond motifs is 1. The largest absolute Gasteiger partial charge is 0.407 e. The second kappa shape index (κ2) is 11.9. The van der Waals surface area contributed by atoms with Crippen molar-refractivity contribution in [3.05, 3.63) is 78.6 Å². The number of nitrogens with zero attached hydrogens (tertiary/aromatic N) is 4. The Hall–Kier alpha value is -2.94. The molecule has 6 nitrogen and oxygen atoms in total. The summed E-state index contributed by atoms with van der Waals surface area (Å²) in [7, 11) is -3.92. The first-order valence-electron chi connectivity index (χ1n) is 14.2. The minimum Gasteiger partial charge on any atom is -0.407 e. The Labute approximate surface area is 241 Å². The third-order valence-corrected chi connectivity index (χ3v) is 13.6. The van der Waals surface area contributed by atoms with Gasteiger partial charge < -0.3 is 9.33 Å². The molecule has 40 heavy (non-hydrogen) atoms. The van der Waals surface area contributed by atoms with Crippen LogP contribution in [0.3, 0.4) is 0 Å². The van der Waals surface area contributed by atoms with Crippen molar-refractivity contribution in [2.45, 2.75) is 63.1 Å². The third-order valence-electron chi connectivity index (χ3n) is 7.93. The van der Waals surface area contributed by atoms with Gasteiger partial charge in [-0.2, -0.15) is 0 Å². The van der Waals surface area contributed by atoms with Crippen LogP contribution in [0.5, 0.6) is 0 Å². The van der Waals surface area contributed by atoms with Crippen molar-refractivity contribution >= 4 is 46.2 Å². The van der Waals surface area contributed by atoms with Gasteiger partial charge in [0, 0.05) is 49.1 Å². The number of aromatic nitrogens is 3. The first-order valence-corrected chi connectivity index (χ1v) is 17.7. The van der Waals surface area contributed by atoms with Crippen LogP contribution in [0.25, 0.3) is 10.9 Å². The number of rotatable bonds is 8. The molecule has 0 aliphatic carbocycles. The van der Waals surface area contributed by atoms with Gasteiger partial charge in [0.1, 0.15) is 5.52 Å². The van der Waals surface area contributed by atoms with Crippen molar-refractivity contribution in [3.63, 3.8) is 0 Å². The lowest BCUT2D eigenvalue weighted by Crippen LogP contribution is -2.66. The molecule has 1 aliphatic rings. The predicted octanol–water partition coefficient (Wildman–Crippen LogP) is 5.43. The highest BCUT2D eigenvalue weighted by Crippen LogP contribution is 2.38. The van der Waals surface area contributed by atoms with Crippen molar-refractivity contribution in [2.24, 2.45) is 0 Å². The number of benzene rings is 2. The quantitative estimate of drug-likeness (QED) is 0.207. The Balaban J connectivity index is 1.55. The molecular weight excluding hydrogens is 533 g/mol. The molecule has 2 atom stereocenters. The van der Waals surface area contributed by atoms with E-state index in [2.05, 4.69) is 104 Å². The van der Waals surface area contributed by atoms with Crippen LogP contribution >= 0.6 is 0 Å². The lowest BCUT2D eigenvalue weighted by Gasteiger charge is -2.43. The molecule has 0 spiro atoms. The molecule has 0 amide bonds. The maximum absolute atomic E-state index is 12.2. The van der Waals surface area contributed by atoms with Crippen molar-refractivity contribution < 1.29 is 8.63 Å². The first kappa shape index (κ1) is 28.6. The maximum atomic E-state index is 12.2. The molecule has 0 radical (unpaired) electrons. The standard InChI is InChI=1S/C32H40N4O2SSi/c1-24(23-38-40(32(2,3)4,26-15-9-6-10-16-26)27-17-11-7-12-18-27)28-21-25-22-33-31(39(5)37)35-29(25)30(34-28)36-19-13-8-14-20-36/h6-7,9-12,15-18,21-22,24H,8,13-14,19-20,23H2,1-5H3/t24-,39?/m1/s1. The summed E-state index contributed by atoms with van der Waals surface area (Å²) in [5, 5.41) is 3.73. The highest BCUT2D eigenvalue weighted by atomic mass is 32.2. The number of pyridine rings is 1. The van der Waals surface area contributed by atoms with Gasteiger partial charge >= 0.3 is 0 Å². The first-order chi connectivity index (χ1) is 19.2. The molecule has 210 valence electrons. The fourth-order valence-corrected chi connectivity index (χ4v) is 10.9. The van der Waals surface area contributed by atoms with Crippen LogP contribution < -0.4 is 15.3 Å². The SMILES string of the molecule is C[C@H](CO[Si](c1ccccc1)(c1ccccc1)C(C)(C)C)c1cc2cnc(S(C)=O)nc2c(N2CCCCC2)n1. The fraction of sp³-hybridized carbons (Fsp3) is 0.406. The molecule has 0 saturated carbocycles. The minimum atomic E-state index is -2.66. The molecule has 4 aromatic rings. The summed E-state index contributed by atoms with van der Waals surface area (Å²) >= 11 is 0. The Morgan fingerprint density at radius 1 is 0.950 bits per heavy atom. The molecule has 2 aromatic heterocycles. The summed E-state index contributed by atoms with van der Waals surface area (Å²) in [6.07, 6.45) is 6.92. The zero-order valence-corrected chi connectivity index (χ0v) is 26.1. The molecule has 1 saturated heterocycles. The van der Waals surface area contributed by atoms with Crippen LogP contribution in [-0.2, 0) is 15.2 Å². The summed E-state index contributed by atoms with van der Waals surface area (Å²) in [6.45, 7) is 11.6. The number of hydrogen-bond donors (Lipinski definition) is 0. The smallest absolute Gasteiger partial charge is 0.261 e. The van der Waals surface area contributed by atoms with E-state index in [4.69, 9.17) is 14.4 Å². The molecule has 3 heterocycles. The van der Waals surface area contributed by atoms with E-state index in [1.54, 1.807) is 12.5 Å². The Bertz CT molecular complexity index is 1430. The van der Waals surface area contributed by atoms with Gasteiger partial charge in [-0.05, 0) is 40.7 Å². The van der Waals surface area contributed by atoms with E-state index in [1.165, 1.54) is 16.8 Å². The van der Waals surface area contributed by atoms with Crippen molar-refractivity contribution in [1.82, 2.24) is 15.0 Å². The average Bonchev–Trinajstić information content (AvgIpc) is 2.97. The van der Waals surface area contributed by atoms with Gasteiger partial charge in [-0.3, -0.25) is 4.21 Å². The molecule has 0 N–H and O–H groups in total. The van der Waals surface area contributed by atoms with Gasteiger partial charge in [0.15, 0.2) is 5.82 Å². The Kier molecular flexibility index (Phi) is 8.49. The van der Waals surface area contributed by atoms with Gasteiger partial charge in [-0.15, -0.1) is 0 Å². The molecule has 1 unspecified atom stereocenters. The van der Waals surface area contributed by atoms with E-state index in [1.807, 2.05) is 0 Å². The monoisotopic (exact) mass is 572 g/mol. The van der Waals surface area contributed by atoms with Gasteiger partial charge in [0.05, 0.1) is 10.8 Å². The number of anilines is 1. The number of hydrogen-bond acceptors (Lipinski definition) is 6. The summed E-state index contributed by atoms with van der Waals surface area (Å²) < 4.78 is 19.4. The minimum absolute atomic E-state index is 0.0505. The Morgan fingerprint density at radius 2 is 1.55 bits per heavy atom. The molecule has 5 rings (SSSR count). The van der Waals surface area contributed by atoms with Crippen molar-refractivity contribution in [1.29, 1.82) is 0 Å². The fourth-order valence-electron chi connectivity index (χ4n) is 5.84. The second-order valence-corrected chi connectivity index (χ2v) is 17.4. The van der Waals surface area contributed by atoms with Crippen LogP contribution in [0.2, 0.25) is 5.04 Å². The highest BCUT2D eigenvalue weighted by Gasteiger charge is 2.50.